The van der Waals surface area contributed by atoms with Gasteiger partial charge in [0.15, 0.2) is 0 Å². The summed E-state index contributed by atoms with van der Waals surface area (Å²) in [6.07, 6.45) is 1.94. The van der Waals surface area contributed by atoms with Crippen LogP contribution in [-0.2, 0) is 11.2 Å². The fourth-order valence-corrected chi connectivity index (χ4v) is 1.41. The first-order valence-corrected chi connectivity index (χ1v) is 4.56. The van der Waals surface area contributed by atoms with E-state index < -0.39 is 0 Å². The van der Waals surface area contributed by atoms with Gasteiger partial charge in [-0.1, -0.05) is 11.6 Å². The second-order valence-corrected chi connectivity index (χ2v) is 3.76. The van der Waals surface area contributed by atoms with Crippen molar-refractivity contribution in [3.05, 3.63) is 27.5 Å². The van der Waals surface area contributed by atoms with E-state index in [4.69, 9.17) is 11.6 Å². The highest BCUT2D eigenvalue weighted by atomic mass is 79.9. The summed E-state index contributed by atoms with van der Waals surface area (Å²) >= 11 is 9.01. The van der Waals surface area contributed by atoms with Crippen LogP contribution in [0.1, 0.15) is 12.5 Å². The molecule has 64 valence electrons. The zero-order valence-electron chi connectivity index (χ0n) is 6.47. The van der Waals surface area contributed by atoms with Gasteiger partial charge in [0.2, 0.25) is 0 Å². The molecule has 0 radical (unpaired) electrons. The number of carbonyl (C=O) groups is 1. The molecule has 0 aliphatic rings. The molecule has 0 N–H and O–H groups in total. The molecule has 1 heterocycles. The molecule has 1 aromatic rings. The smallest absolute Gasteiger partial charge is 0.134 e. The van der Waals surface area contributed by atoms with Crippen LogP contribution in [0.3, 0.4) is 0 Å². The van der Waals surface area contributed by atoms with Crippen LogP contribution in [0.25, 0.3) is 0 Å². The van der Waals surface area contributed by atoms with E-state index in [9.17, 15) is 4.79 Å². The van der Waals surface area contributed by atoms with Crippen LogP contribution in [0.2, 0.25) is 5.15 Å². The fraction of sp³-hybridized carbons (Fsp3) is 0.250. The standard InChI is InChI=1S/C8H7BrClNO/c1-5(12)2-6-3-7(9)4-11-8(6)10/h3-4H,2H2,1H3. The molecule has 12 heavy (non-hydrogen) atoms. The Morgan fingerprint density at radius 1 is 1.75 bits per heavy atom. The highest BCUT2D eigenvalue weighted by molar-refractivity contribution is 9.10. The lowest BCUT2D eigenvalue weighted by atomic mass is 10.2. The minimum atomic E-state index is 0.0804. The highest BCUT2D eigenvalue weighted by Gasteiger charge is 2.04. The number of Topliss-reactive ketones (excluding diaryl/α,β-unsaturated/α-hetero) is 1. The summed E-state index contributed by atoms with van der Waals surface area (Å²) < 4.78 is 0.836. The van der Waals surface area contributed by atoms with Gasteiger partial charge in [-0.05, 0) is 34.5 Å². The number of rotatable bonds is 2. The molecular formula is C8H7BrClNO. The van der Waals surface area contributed by atoms with Crippen LogP contribution < -0.4 is 0 Å². The number of hydrogen-bond donors (Lipinski definition) is 0. The van der Waals surface area contributed by atoms with Crippen LogP contribution in [0.15, 0.2) is 16.7 Å². The Morgan fingerprint density at radius 3 is 3.00 bits per heavy atom. The molecule has 0 amide bonds. The first-order valence-electron chi connectivity index (χ1n) is 3.39. The molecule has 0 atom stereocenters. The van der Waals surface area contributed by atoms with Crippen molar-refractivity contribution in [1.29, 1.82) is 0 Å². The normalized spacial score (nSPS) is 9.92. The van der Waals surface area contributed by atoms with Gasteiger partial charge in [0.1, 0.15) is 10.9 Å². The number of ketones is 1. The molecule has 0 aromatic carbocycles. The Kier molecular flexibility index (Phi) is 3.23. The van der Waals surface area contributed by atoms with Crippen molar-refractivity contribution in [1.82, 2.24) is 4.98 Å². The minimum Gasteiger partial charge on any atom is -0.300 e. The number of nitrogens with zero attached hydrogens (tertiary/aromatic N) is 1. The van der Waals surface area contributed by atoms with Crippen molar-refractivity contribution in [3.8, 4) is 0 Å². The van der Waals surface area contributed by atoms with E-state index in [1.54, 1.807) is 12.3 Å². The van der Waals surface area contributed by atoms with Gasteiger partial charge in [-0.2, -0.15) is 0 Å². The summed E-state index contributed by atoms with van der Waals surface area (Å²) in [7, 11) is 0. The monoisotopic (exact) mass is 247 g/mol. The number of halogens is 2. The van der Waals surface area contributed by atoms with Gasteiger partial charge < -0.3 is 0 Å². The third-order valence-corrected chi connectivity index (χ3v) is 2.09. The molecule has 0 spiro atoms. The first kappa shape index (κ1) is 9.68. The number of pyridine rings is 1. The van der Waals surface area contributed by atoms with Gasteiger partial charge in [0.25, 0.3) is 0 Å². The molecule has 0 aliphatic heterocycles. The maximum Gasteiger partial charge on any atom is 0.134 e. The highest BCUT2D eigenvalue weighted by Crippen LogP contribution is 2.18. The number of carbonyl (C=O) groups excluding carboxylic acids is 1. The van der Waals surface area contributed by atoms with E-state index in [-0.39, 0.29) is 5.78 Å². The lowest BCUT2D eigenvalue weighted by Gasteiger charge is -2.00. The molecule has 0 saturated carbocycles. The van der Waals surface area contributed by atoms with E-state index >= 15 is 0 Å². The lowest BCUT2D eigenvalue weighted by Crippen LogP contribution is -1.98. The van der Waals surface area contributed by atoms with Crippen LogP contribution in [0.4, 0.5) is 0 Å². The minimum absolute atomic E-state index is 0.0804. The summed E-state index contributed by atoms with van der Waals surface area (Å²) in [5.74, 6) is 0.0804. The van der Waals surface area contributed by atoms with Gasteiger partial charge in [0, 0.05) is 17.1 Å². The molecule has 0 saturated heterocycles. The van der Waals surface area contributed by atoms with Crippen molar-refractivity contribution in [2.75, 3.05) is 0 Å². The van der Waals surface area contributed by atoms with Crippen molar-refractivity contribution in [2.45, 2.75) is 13.3 Å². The zero-order chi connectivity index (χ0) is 9.14. The average molecular weight is 249 g/mol. The fourth-order valence-electron chi connectivity index (χ4n) is 0.857. The van der Waals surface area contributed by atoms with Crippen LogP contribution in [0, 0.1) is 0 Å². The van der Waals surface area contributed by atoms with E-state index in [1.165, 1.54) is 6.92 Å². The third kappa shape index (κ3) is 2.57. The second kappa shape index (κ2) is 4.01. The summed E-state index contributed by atoms with van der Waals surface area (Å²) in [6.45, 7) is 1.53. The number of aromatic nitrogens is 1. The molecule has 1 rings (SSSR count). The molecule has 0 bridgehead atoms. The molecule has 4 heteroatoms. The molecule has 0 unspecified atom stereocenters. The Hall–Kier alpha value is -0.410. The summed E-state index contributed by atoms with van der Waals surface area (Å²) in [4.78, 5) is 14.7. The van der Waals surface area contributed by atoms with Crippen molar-refractivity contribution in [2.24, 2.45) is 0 Å². The van der Waals surface area contributed by atoms with E-state index in [2.05, 4.69) is 20.9 Å². The van der Waals surface area contributed by atoms with Crippen molar-refractivity contribution < 1.29 is 4.79 Å². The Balaban J connectivity index is 2.97. The summed E-state index contributed by atoms with van der Waals surface area (Å²) in [5.41, 5.74) is 0.763. The van der Waals surface area contributed by atoms with Crippen molar-refractivity contribution >= 4 is 33.3 Å². The van der Waals surface area contributed by atoms with Gasteiger partial charge in [-0.15, -0.1) is 0 Å². The Morgan fingerprint density at radius 2 is 2.42 bits per heavy atom. The Labute approximate surface area is 84.1 Å². The molecule has 2 nitrogen and oxygen atoms in total. The van der Waals surface area contributed by atoms with Gasteiger partial charge in [-0.25, -0.2) is 4.98 Å². The predicted molar refractivity (Wildman–Crippen MR) is 51.3 cm³/mol. The van der Waals surface area contributed by atoms with Gasteiger partial charge in [0.05, 0.1) is 0 Å². The van der Waals surface area contributed by atoms with E-state index in [0.29, 0.717) is 11.6 Å². The topological polar surface area (TPSA) is 30.0 Å². The molecule has 0 fully saturated rings. The lowest BCUT2D eigenvalue weighted by molar-refractivity contribution is -0.116. The van der Waals surface area contributed by atoms with Crippen LogP contribution in [-0.4, -0.2) is 10.8 Å². The van der Waals surface area contributed by atoms with Crippen molar-refractivity contribution in [3.63, 3.8) is 0 Å². The molecule has 0 aliphatic carbocycles. The van der Waals surface area contributed by atoms with E-state index in [0.717, 1.165) is 10.0 Å². The second-order valence-electron chi connectivity index (χ2n) is 2.48. The summed E-state index contributed by atoms with van der Waals surface area (Å²) in [5, 5.41) is 0.397. The maximum atomic E-state index is 10.8. The summed E-state index contributed by atoms with van der Waals surface area (Å²) in [6, 6.07) is 1.80. The Bertz CT molecular complexity index is 314. The quantitative estimate of drug-likeness (QED) is 0.753. The first-order chi connectivity index (χ1) is 5.59. The van der Waals surface area contributed by atoms with Crippen LogP contribution in [0.5, 0.6) is 0 Å². The van der Waals surface area contributed by atoms with Gasteiger partial charge in [-0.3, -0.25) is 4.79 Å². The predicted octanol–water partition coefficient (Wildman–Crippen LogP) is 2.63. The molecular weight excluding hydrogens is 241 g/mol. The SMILES string of the molecule is CC(=O)Cc1cc(Br)cnc1Cl. The largest absolute Gasteiger partial charge is 0.300 e. The zero-order valence-corrected chi connectivity index (χ0v) is 8.82. The van der Waals surface area contributed by atoms with Crippen LogP contribution >= 0.6 is 27.5 Å². The molecule has 1 aromatic heterocycles. The van der Waals surface area contributed by atoms with Gasteiger partial charge >= 0.3 is 0 Å². The van der Waals surface area contributed by atoms with E-state index in [1.807, 2.05) is 0 Å². The third-order valence-electron chi connectivity index (χ3n) is 1.32. The number of hydrogen-bond acceptors (Lipinski definition) is 2. The maximum absolute atomic E-state index is 10.8. The average Bonchev–Trinajstić information content (AvgIpc) is 1.96.